The highest BCUT2D eigenvalue weighted by molar-refractivity contribution is 7.99. The monoisotopic (exact) mass is 630 g/mol. The standard InChI is InChI=1S/C34H66N2O6S/c1-5-7-9-11-13-15-17-19-21-23-31(38)41-25-29(26-43-27-30(35)33(40)36-34(3,4)28-37)42-32(39)24-22-20-18-16-14-12-10-8-6-2/h29-30,37H,5-28,35H2,1-4H3,(H,36,40)/t29-,30-/m1/s1. The smallest absolute Gasteiger partial charge is 0.306 e. The van der Waals surface area contributed by atoms with Crippen molar-refractivity contribution >= 4 is 29.6 Å². The molecule has 0 saturated heterocycles. The molecular weight excluding hydrogens is 564 g/mol. The van der Waals surface area contributed by atoms with Gasteiger partial charge in [-0.3, -0.25) is 14.4 Å². The molecule has 2 atom stereocenters. The number of hydrogen-bond donors (Lipinski definition) is 3. The molecule has 0 unspecified atom stereocenters. The lowest BCUT2D eigenvalue weighted by molar-refractivity contribution is -0.157. The van der Waals surface area contributed by atoms with Crippen molar-refractivity contribution in [1.82, 2.24) is 5.32 Å². The molecule has 0 spiro atoms. The van der Waals surface area contributed by atoms with E-state index in [-0.39, 0.29) is 31.1 Å². The van der Waals surface area contributed by atoms with E-state index in [9.17, 15) is 19.5 Å². The largest absolute Gasteiger partial charge is 0.462 e. The number of ether oxygens (including phenoxy) is 2. The lowest BCUT2D eigenvalue weighted by atomic mass is 10.1. The summed E-state index contributed by atoms with van der Waals surface area (Å²) >= 11 is 1.38. The summed E-state index contributed by atoms with van der Waals surface area (Å²) in [7, 11) is 0. The van der Waals surface area contributed by atoms with Crippen LogP contribution in [0, 0.1) is 0 Å². The Kier molecular flexibility index (Phi) is 27.3. The topological polar surface area (TPSA) is 128 Å². The minimum atomic E-state index is -0.775. The van der Waals surface area contributed by atoms with Crippen molar-refractivity contribution in [2.75, 3.05) is 24.7 Å². The van der Waals surface area contributed by atoms with Gasteiger partial charge in [0.25, 0.3) is 0 Å². The van der Waals surface area contributed by atoms with E-state index >= 15 is 0 Å². The maximum absolute atomic E-state index is 12.6. The Morgan fingerprint density at radius 3 is 1.63 bits per heavy atom. The predicted octanol–water partition coefficient (Wildman–Crippen LogP) is 7.23. The van der Waals surface area contributed by atoms with Crippen molar-refractivity contribution in [3.8, 4) is 0 Å². The number of aliphatic hydroxyl groups is 1. The van der Waals surface area contributed by atoms with E-state index in [1.165, 1.54) is 88.8 Å². The average molecular weight is 631 g/mol. The van der Waals surface area contributed by atoms with E-state index in [0.29, 0.717) is 24.3 Å². The molecule has 0 fully saturated rings. The van der Waals surface area contributed by atoms with Gasteiger partial charge in [-0.2, -0.15) is 11.8 Å². The lowest BCUT2D eigenvalue weighted by Gasteiger charge is -2.25. The van der Waals surface area contributed by atoms with Gasteiger partial charge in [-0.05, 0) is 26.7 Å². The molecule has 8 nitrogen and oxygen atoms in total. The number of rotatable bonds is 30. The summed E-state index contributed by atoms with van der Waals surface area (Å²) in [6, 6.07) is -0.775. The molecule has 4 N–H and O–H groups in total. The second-order valence-corrected chi connectivity index (χ2v) is 13.7. The van der Waals surface area contributed by atoms with Crippen LogP contribution < -0.4 is 11.1 Å². The van der Waals surface area contributed by atoms with Gasteiger partial charge in [0, 0.05) is 24.3 Å². The van der Waals surface area contributed by atoms with Gasteiger partial charge >= 0.3 is 11.9 Å². The molecule has 0 bridgehead atoms. The van der Waals surface area contributed by atoms with Crippen molar-refractivity contribution in [3.05, 3.63) is 0 Å². The molecule has 9 heteroatoms. The van der Waals surface area contributed by atoms with Crippen molar-refractivity contribution < 1.29 is 29.0 Å². The predicted molar refractivity (Wildman–Crippen MR) is 179 cm³/mol. The quantitative estimate of drug-likeness (QED) is 0.0560. The first kappa shape index (κ1) is 41.7. The highest BCUT2D eigenvalue weighted by Gasteiger charge is 2.24. The van der Waals surface area contributed by atoms with Crippen LogP contribution in [0.3, 0.4) is 0 Å². The van der Waals surface area contributed by atoms with Crippen LogP contribution in [0.5, 0.6) is 0 Å². The lowest BCUT2D eigenvalue weighted by Crippen LogP contribution is -2.53. The van der Waals surface area contributed by atoms with Crippen LogP contribution in [-0.4, -0.2) is 65.4 Å². The van der Waals surface area contributed by atoms with Crippen molar-refractivity contribution in [2.24, 2.45) is 5.73 Å². The van der Waals surface area contributed by atoms with E-state index in [1.54, 1.807) is 13.8 Å². The number of carbonyl (C=O) groups excluding carboxylic acids is 3. The molecule has 0 aliphatic heterocycles. The summed E-state index contributed by atoms with van der Waals surface area (Å²) in [5.74, 6) is -0.214. The second kappa shape index (κ2) is 28.2. The zero-order valence-electron chi connectivity index (χ0n) is 28.1. The molecular formula is C34H66N2O6S. The van der Waals surface area contributed by atoms with Gasteiger partial charge in [0.1, 0.15) is 12.7 Å². The summed E-state index contributed by atoms with van der Waals surface area (Å²) in [6.07, 6.45) is 21.3. The molecule has 1 amide bonds. The molecule has 0 aliphatic rings. The molecule has 0 aromatic heterocycles. The zero-order chi connectivity index (χ0) is 32.2. The number of nitrogens with one attached hydrogen (secondary N) is 1. The van der Waals surface area contributed by atoms with Crippen molar-refractivity contribution in [2.45, 2.75) is 174 Å². The van der Waals surface area contributed by atoms with Gasteiger partial charge in [0.2, 0.25) is 5.91 Å². The van der Waals surface area contributed by atoms with Crippen molar-refractivity contribution in [3.63, 3.8) is 0 Å². The van der Waals surface area contributed by atoms with Gasteiger partial charge in [0.05, 0.1) is 18.2 Å². The number of amides is 1. The summed E-state index contributed by atoms with van der Waals surface area (Å²) in [4.78, 5) is 37.3. The van der Waals surface area contributed by atoms with Gasteiger partial charge in [-0.25, -0.2) is 0 Å². The van der Waals surface area contributed by atoms with E-state index in [0.717, 1.165) is 38.5 Å². The van der Waals surface area contributed by atoms with Gasteiger partial charge < -0.3 is 25.6 Å². The summed E-state index contributed by atoms with van der Waals surface area (Å²) < 4.78 is 11.2. The third-order valence-corrected chi connectivity index (χ3v) is 8.69. The summed E-state index contributed by atoms with van der Waals surface area (Å²) in [5, 5.41) is 12.1. The number of esters is 2. The molecule has 0 aliphatic carbocycles. The van der Waals surface area contributed by atoms with Gasteiger partial charge in [0.15, 0.2) is 0 Å². The number of thioether (sulfide) groups is 1. The SMILES string of the molecule is CCCCCCCCCCCC(=O)OC[C@H](CSC[C@@H](N)C(=O)NC(C)(C)CO)OC(=O)CCCCCCCCCCC. The van der Waals surface area contributed by atoms with E-state index in [4.69, 9.17) is 15.2 Å². The number of aliphatic hydroxyl groups excluding tert-OH is 1. The normalized spacial score (nSPS) is 13.0. The Labute approximate surface area is 267 Å². The minimum Gasteiger partial charge on any atom is -0.462 e. The van der Waals surface area contributed by atoms with Crippen LogP contribution in [0.25, 0.3) is 0 Å². The Balaban J connectivity index is 4.51. The maximum Gasteiger partial charge on any atom is 0.306 e. The molecule has 0 heterocycles. The molecule has 43 heavy (non-hydrogen) atoms. The summed E-state index contributed by atoms with van der Waals surface area (Å²) in [6.45, 7) is 7.70. The third-order valence-electron chi connectivity index (χ3n) is 7.49. The number of hydrogen-bond acceptors (Lipinski definition) is 8. The Bertz CT molecular complexity index is 706. The molecule has 0 radical (unpaired) electrons. The number of carbonyl (C=O) groups is 3. The Morgan fingerprint density at radius 2 is 1.16 bits per heavy atom. The fraction of sp³-hybridized carbons (Fsp3) is 0.912. The number of unbranched alkanes of at least 4 members (excludes halogenated alkanes) is 16. The Hall–Kier alpha value is -1.32. The highest BCUT2D eigenvalue weighted by atomic mass is 32.2. The summed E-state index contributed by atoms with van der Waals surface area (Å²) in [5.41, 5.74) is 5.29. The van der Waals surface area contributed by atoms with E-state index in [1.807, 2.05) is 0 Å². The van der Waals surface area contributed by atoms with Crippen molar-refractivity contribution in [1.29, 1.82) is 0 Å². The fourth-order valence-electron chi connectivity index (χ4n) is 4.65. The minimum absolute atomic E-state index is 0.00569. The molecule has 0 aromatic rings. The van der Waals surface area contributed by atoms with Crippen LogP contribution in [0.4, 0.5) is 0 Å². The zero-order valence-corrected chi connectivity index (χ0v) is 28.9. The van der Waals surface area contributed by atoms with Gasteiger partial charge in [-0.1, -0.05) is 117 Å². The van der Waals surface area contributed by atoms with Crippen LogP contribution in [-0.2, 0) is 23.9 Å². The first-order chi connectivity index (χ1) is 20.6. The third kappa shape index (κ3) is 26.8. The fourth-order valence-corrected chi connectivity index (χ4v) is 5.62. The molecule has 0 aromatic carbocycles. The van der Waals surface area contributed by atoms with Crippen LogP contribution in [0.15, 0.2) is 0 Å². The number of nitrogens with two attached hydrogens (primary N) is 1. The highest BCUT2D eigenvalue weighted by Crippen LogP contribution is 2.15. The Morgan fingerprint density at radius 1 is 0.721 bits per heavy atom. The molecule has 0 rings (SSSR count). The first-order valence-corrected chi connectivity index (χ1v) is 18.4. The molecule has 0 saturated carbocycles. The second-order valence-electron chi connectivity index (χ2n) is 12.6. The van der Waals surface area contributed by atoms with Crippen LogP contribution in [0.1, 0.15) is 156 Å². The first-order valence-electron chi connectivity index (χ1n) is 17.3. The molecule has 254 valence electrons. The van der Waals surface area contributed by atoms with E-state index < -0.39 is 17.7 Å². The maximum atomic E-state index is 12.6. The van der Waals surface area contributed by atoms with Gasteiger partial charge in [-0.15, -0.1) is 0 Å². The average Bonchev–Trinajstić information content (AvgIpc) is 2.97. The van der Waals surface area contributed by atoms with E-state index in [2.05, 4.69) is 19.2 Å². The van der Waals surface area contributed by atoms with Crippen LogP contribution in [0.2, 0.25) is 0 Å². The van der Waals surface area contributed by atoms with Crippen LogP contribution >= 0.6 is 11.8 Å².